The molecule has 1 saturated carbocycles. The summed E-state index contributed by atoms with van der Waals surface area (Å²) in [7, 11) is 0. The summed E-state index contributed by atoms with van der Waals surface area (Å²) in [5.74, 6) is 0.431. The van der Waals surface area contributed by atoms with E-state index in [0.29, 0.717) is 18.9 Å². The molecule has 4 aliphatic rings. The molecular weight excluding hydrogens is 534 g/mol. The van der Waals surface area contributed by atoms with Gasteiger partial charge in [0.05, 0.1) is 11.6 Å². The number of carbonyl (C=O) groups excluding carboxylic acids is 1. The van der Waals surface area contributed by atoms with E-state index in [2.05, 4.69) is 29.3 Å². The predicted molar refractivity (Wildman–Crippen MR) is 162 cm³/mol. The first-order chi connectivity index (χ1) is 19.9. The molecule has 8 heteroatoms. The molecular formula is C33H39N3O4S. The standard InChI is InChI=1S/C33H39N3O4S/c1-21-7-6-8-28(29-20-41-33(34-29)36-18-23-9-12-27(36)17-26(16-23)32(38)39)30(21)40-19-25-11-10-24(15-22(25)2)31(37)35-13-4-3-5-14-35/h6-8,10-11,15,20,23,26-27H,3-5,9,12-14,16-19H2,1-2H3,(H,38,39). The molecule has 3 aromatic rings. The number of benzene rings is 2. The molecule has 3 aliphatic heterocycles. The number of para-hydroxylation sites is 1. The maximum absolute atomic E-state index is 13.0. The number of nitrogens with zero attached hydrogens (tertiary/aromatic N) is 3. The molecule has 4 heterocycles. The number of carboxylic acid groups (broad SMARTS) is 1. The Morgan fingerprint density at radius 3 is 2.66 bits per heavy atom. The Labute approximate surface area is 246 Å². The number of aryl methyl sites for hydroxylation is 2. The van der Waals surface area contributed by atoms with Gasteiger partial charge in [0.25, 0.3) is 5.91 Å². The topological polar surface area (TPSA) is 83.0 Å². The highest BCUT2D eigenvalue weighted by atomic mass is 32.1. The lowest BCUT2D eigenvalue weighted by molar-refractivity contribution is -0.142. The van der Waals surface area contributed by atoms with Crippen LogP contribution in [-0.2, 0) is 11.4 Å². The number of thiazole rings is 1. The molecule has 3 unspecified atom stereocenters. The van der Waals surface area contributed by atoms with Gasteiger partial charge < -0.3 is 19.6 Å². The van der Waals surface area contributed by atoms with Gasteiger partial charge in [-0.1, -0.05) is 18.2 Å². The van der Waals surface area contributed by atoms with Crippen LogP contribution < -0.4 is 9.64 Å². The summed E-state index contributed by atoms with van der Waals surface area (Å²) < 4.78 is 6.46. The summed E-state index contributed by atoms with van der Waals surface area (Å²) in [6.45, 7) is 7.08. The van der Waals surface area contributed by atoms with E-state index in [4.69, 9.17) is 9.72 Å². The smallest absolute Gasteiger partial charge is 0.306 e. The summed E-state index contributed by atoms with van der Waals surface area (Å²) in [5, 5.41) is 12.7. The highest BCUT2D eigenvalue weighted by Gasteiger charge is 2.39. The summed E-state index contributed by atoms with van der Waals surface area (Å²) in [6.07, 6.45) is 6.97. The van der Waals surface area contributed by atoms with Gasteiger partial charge in [-0.15, -0.1) is 11.3 Å². The Morgan fingerprint density at radius 2 is 1.88 bits per heavy atom. The molecule has 7 rings (SSSR count). The minimum Gasteiger partial charge on any atom is -0.488 e. The fourth-order valence-corrected chi connectivity index (χ4v) is 7.70. The van der Waals surface area contributed by atoms with Gasteiger partial charge in [-0.25, -0.2) is 4.98 Å². The third-order valence-corrected chi connectivity index (χ3v) is 10.0. The molecule has 1 amide bonds. The molecule has 41 heavy (non-hydrogen) atoms. The Bertz CT molecular complexity index is 1430. The van der Waals surface area contributed by atoms with E-state index in [1.807, 2.05) is 36.1 Å². The van der Waals surface area contributed by atoms with Crippen molar-refractivity contribution >= 4 is 28.3 Å². The van der Waals surface area contributed by atoms with Gasteiger partial charge in [0.15, 0.2) is 5.13 Å². The number of hydrogen-bond donors (Lipinski definition) is 1. The first-order valence-corrected chi connectivity index (χ1v) is 15.8. The first kappa shape index (κ1) is 27.8. The summed E-state index contributed by atoms with van der Waals surface area (Å²) in [6, 6.07) is 12.3. The minimum absolute atomic E-state index is 0.122. The molecule has 0 spiro atoms. The maximum Gasteiger partial charge on any atom is 0.306 e. The number of rotatable bonds is 7. The van der Waals surface area contributed by atoms with Crippen LogP contribution in [0.1, 0.15) is 72.0 Å². The van der Waals surface area contributed by atoms with E-state index < -0.39 is 5.97 Å². The van der Waals surface area contributed by atoms with Gasteiger partial charge in [0.2, 0.25) is 0 Å². The van der Waals surface area contributed by atoms with Crippen molar-refractivity contribution in [2.24, 2.45) is 11.8 Å². The SMILES string of the molecule is Cc1cc(C(=O)N2CCCCC2)ccc1COc1c(C)cccc1-c1csc(N2CC3CCC2CC(C(=O)O)C3)n1. The molecule has 216 valence electrons. The highest BCUT2D eigenvalue weighted by Crippen LogP contribution is 2.42. The Hall–Kier alpha value is -3.39. The summed E-state index contributed by atoms with van der Waals surface area (Å²) in [5.41, 5.74) is 5.75. The van der Waals surface area contributed by atoms with Crippen LogP contribution >= 0.6 is 11.3 Å². The Kier molecular flexibility index (Phi) is 8.02. The molecule has 2 aromatic carbocycles. The third kappa shape index (κ3) is 5.85. The quantitative estimate of drug-likeness (QED) is 0.338. The Balaban J connectivity index is 1.18. The molecule has 3 atom stereocenters. The van der Waals surface area contributed by atoms with Gasteiger partial charge in [-0.2, -0.15) is 0 Å². The van der Waals surface area contributed by atoms with Crippen LogP contribution in [0, 0.1) is 25.7 Å². The second-order valence-corrected chi connectivity index (χ2v) is 12.8. The van der Waals surface area contributed by atoms with Crippen LogP contribution in [0.3, 0.4) is 0 Å². The van der Waals surface area contributed by atoms with Crippen LogP contribution in [0.15, 0.2) is 41.8 Å². The van der Waals surface area contributed by atoms with Gasteiger partial charge >= 0.3 is 5.97 Å². The molecule has 4 fully saturated rings. The maximum atomic E-state index is 13.0. The van der Waals surface area contributed by atoms with Crippen molar-refractivity contribution in [3.63, 3.8) is 0 Å². The number of aromatic nitrogens is 1. The van der Waals surface area contributed by atoms with E-state index in [9.17, 15) is 14.7 Å². The van der Waals surface area contributed by atoms with Crippen LogP contribution in [0.4, 0.5) is 5.13 Å². The van der Waals surface area contributed by atoms with Crippen molar-refractivity contribution in [2.45, 2.75) is 71.4 Å². The van der Waals surface area contributed by atoms with Crippen molar-refractivity contribution in [1.29, 1.82) is 0 Å². The largest absolute Gasteiger partial charge is 0.488 e. The lowest BCUT2D eigenvalue weighted by atomic mass is 9.93. The van der Waals surface area contributed by atoms with Gasteiger partial charge in [0.1, 0.15) is 12.4 Å². The third-order valence-electron chi connectivity index (χ3n) is 9.16. The van der Waals surface area contributed by atoms with E-state index in [0.717, 1.165) is 96.1 Å². The van der Waals surface area contributed by atoms with Crippen LogP contribution in [0.2, 0.25) is 0 Å². The normalized spacial score (nSPS) is 22.4. The number of aliphatic carboxylic acids is 1. The van der Waals surface area contributed by atoms with Crippen molar-refractivity contribution < 1.29 is 19.4 Å². The molecule has 1 aromatic heterocycles. The van der Waals surface area contributed by atoms with Gasteiger partial charge in [0, 0.05) is 42.2 Å². The monoisotopic (exact) mass is 573 g/mol. The lowest BCUT2D eigenvalue weighted by Crippen LogP contribution is -2.41. The van der Waals surface area contributed by atoms with Gasteiger partial charge in [-0.05, 0) is 99.6 Å². The van der Waals surface area contributed by atoms with E-state index in [-0.39, 0.29) is 17.9 Å². The number of hydrogen-bond acceptors (Lipinski definition) is 6. The number of carbonyl (C=O) groups is 2. The zero-order valence-corrected chi connectivity index (χ0v) is 24.8. The number of ether oxygens (including phenoxy) is 1. The van der Waals surface area contributed by atoms with E-state index >= 15 is 0 Å². The van der Waals surface area contributed by atoms with Crippen LogP contribution in [0.5, 0.6) is 5.75 Å². The molecule has 2 bridgehead atoms. The van der Waals surface area contributed by atoms with Crippen LogP contribution in [-0.4, -0.2) is 52.5 Å². The van der Waals surface area contributed by atoms with Crippen LogP contribution in [0.25, 0.3) is 11.3 Å². The zero-order chi connectivity index (χ0) is 28.5. The molecule has 7 nitrogen and oxygen atoms in total. The van der Waals surface area contributed by atoms with Crippen molar-refractivity contribution in [2.75, 3.05) is 24.5 Å². The predicted octanol–water partition coefficient (Wildman–Crippen LogP) is 6.71. The number of piperidine rings is 2. The average Bonchev–Trinajstić information content (AvgIpc) is 3.28. The average molecular weight is 574 g/mol. The highest BCUT2D eigenvalue weighted by molar-refractivity contribution is 7.14. The second-order valence-electron chi connectivity index (χ2n) is 12.0. The van der Waals surface area contributed by atoms with Crippen molar-refractivity contribution in [1.82, 2.24) is 9.88 Å². The minimum atomic E-state index is -0.663. The van der Waals surface area contributed by atoms with E-state index in [1.54, 1.807) is 11.3 Å². The number of amides is 1. The molecule has 1 aliphatic carbocycles. The number of likely N-dealkylation sites (tertiary alicyclic amines) is 1. The van der Waals surface area contributed by atoms with Crippen molar-refractivity contribution in [3.05, 3.63) is 64.0 Å². The van der Waals surface area contributed by atoms with Crippen molar-refractivity contribution in [3.8, 4) is 17.0 Å². The number of anilines is 1. The summed E-state index contributed by atoms with van der Waals surface area (Å²) in [4.78, 5) is 34.1. The Morgan fingerprint density at radius 1 is 1.05 bits per heavy atom. The number of carboxylic acids is 1. The fraction of sp³-hybridized carbons (Fsp3) is 0.485. The molecule has 3 saturated heterocycles. The zero-order valence-electron chi connectivity index (χ0n) is 24.0. The number of fused-ring (bicyclic) bond motifs is 4. The second kappa shape index (κ2) is 11.8. The van der Waals surface area contributed by atoms with Gasteiger partial charge in [-0.3, -0.25) is 9.59 Å². The van der Waals surface area contributed by atoms with E-state index in [1.165, 1.54) is 6.42 Å². The lowest BCUT2D eigenvalue weighted by Gasteiger charge is -2.36. The summed E-state index contributed by atoms with van der Waals surface area (Å²) >= 11 is 1.63. The molecule has 1 N–H and O–H groups in total. The fourth-order valence-electron chi connectivity index (χ4n) is 6.79. The molecule has 0 radical (unpaired) electrons. The first-order valence-electron chi connectivity index (χ1n) is 14.9.